The van der Waals surface area contributed by atoms with Gasteiger partial charge in [-0.05, 0) is 19.4 Å². The van der Waals surface area contributed by atoms with Crippen LogP contribution in [0, 0.1) is 6.92 Å². The molecule has 0 spiro atoms. The highest BCUT2D eigenvalue weighted by atomic mass is 19.3. The van der Waals surface area contributed by atoms with E-state index in [4.69, 9.17) is 15.2 Å². The summed E-state index contributed by atoms with van der Waals surface area (Å²) in [6, 6.07) is 5.45. The predicted octanol–water partition coefficient (Wildman–Crippen LogP) is 2.68. The van der Waals surface area contributed by atoms with Crippen molar-refractivity contribution in [2.24, 2.45) is 5.73 Å². The average molecular weight is 259 g/mol. The highest BCUT2D eigenvalue weighted by Gasteiger charge is 2.12. The molecule has 0 aromatic heterocycles. The van der Waals surface area contributed by atoms with Crippen molar-refractivity contribution in [1.82, 2.24) is 0 Å². The number of halogens is 2. The molecule has 18 heavy (non-hydrogen) atoms. The van der Waals surface area contributed by atoms with Crippen molar-refractivity contribution in [2.75, 3.05) is 20.3 Å². The molecule has 1 atom stereocenters. The van der Waals surface area contributed by atoms with Gasteiger partial charge in [0, 0.05) is 18.2 Å². The van der Waals surface area contributed by atoms with E-state index in [0.29, 0.717) is 12.2 Å². The number of alkyl halides is 2. The van der Waals surface area contributed by atoms with Gasteiger partial charge < -0.3 is 15.2 Å². The Labute approximate surface area is 106 Å². The smallest absolute Gasteiger partial charge is 0.261 e. The number of nitrogens with two attached hydrogens (primary N) is 1. The van der Waals surface area contributed by atoms with E-state index < -0.39 is 13.0 Å². The van der Waals surface area contributed by atoms with Gasteiger partial charge in [0.05, 0.1) is 7.11 Å². The molecule has 0 aliphatic heterocycles. The summed E-state index contributed by atoms with van der Waals surface area (Å²) in [6.45, 7) is 1.63. The van der Waals surface area contributed by atoms with Crippen molar-refractivity contribution in [3.63, 3.8) is 0 Å². The van der Waals surface area contributed by atoms with Gasteiger partial charge in [-0.25, -0.2) is 8.78 Å². The van der Waals surface area contributed by atoms with Gasteiger partial charge in [-0.2, -0.15) is 0 Å². The van der Waals surface area contributed by atoms with Gasteiger partial charge in [-0.15, -0.1) is 0 Å². The summed E-state index contributed by atoms with van der Waals surface area (Å²) >= 11 is 0. The molecule has 102 valence electrons. The van der Waals surface area contributed by atoms with E-state index in [1.165, 1.54) is 0 Å². The van der Waals surface area contributed by atoms with E-state index in [9.17, 15) is 8.78 Å². The van der Waals surface area contributed by atoms with Crippen molar-refractivity contribution in [2.45, 2.75) is 25.8 Å². The molecular formula is C13H19F2NO2. The van der Waals surface area contributed by atoms with Crippen LogP contribution in [-0.4, -0.2) is 26.7 Å². The fourth-order valence-corrected chi connectivity index (χ4v) is 1.68. The fraction of sp³-hybridized carbons (Fsp3) is 0.538. The van der Waals surface area contributed by atoms with Gasteiger partial charge in [0.15, 0.2) is 0 Å². The third-order valence-corrected chi connectivity index (χ3v) is 2.60. The first-order valence-corrected chi connectivity index (χ1v) is 5.80. The molecule has 1 aromatic carbocycles. The number of aryl methyl sites for hydroxylation is 1. The topological polar surface area (TPSA) is 44.5 Å². The van der Waals surface area contributed by atoms with Gasteiger partial charge in [0.1, 0.15) is 12.4 Å². The maximum absolute atomic E-state index is 11.9. The van der Waals surface area contributed by atoms with Gasteiger partial charge in [-0.1, -0.05) is 17.7 Å². The highest BCUT2D eigenvalue weighted by molar-refractivity contribution is 5.38. The minimum atomic E-state index is -2.44. The summed E-state index contributed by atoms with van der Waals surface area (Å²) < 4.78 is 33.8. The molecule has 0 heterocycles. The van der Waals surface area contributed by atoms with Crippen LogP contribution in [0.1, 0.15) is 23.6 Å². The molecule has 5 heteroatoms. The Bertz CT molecular complexity index is 372. The van der Waals surface area contributed by atoms with Crippen LogP contribution >= 0.6 is 0 Å². The highest BCUT2D eigenvalue weighted by Crippen LogP contribution is 2.26. The molecule has 0 radical (unpaired) electrons. The zero-order chi connectivity index (χ0) is 13.5. The Balaban J connectivity index is 2.55. The maximum atomic E-state index is 11.9. The standard InChI is InChI=1S/C13H19F2NO2/c1-9-3-4-12(17-2)10(7-9)11(16)5-6-18-8-13(14)15/h3-4,7,11,13H,5-6,8,16H2,1-2H3. The van der Waals surface area contributed by atoms with Crippen molar-refractivity contribution >= 4 is 0 Å². The van der Waals surface area contributed by atoms with Crippen LogP contribution in [0.5, 0.6) is 5.75 Å². The Morgan fingerprint density at radius 3 is 2.67 bits per heavy atom. The lowest BCUT2D eigenvalue weighted by Crippen LogP contribution is -2.15. The van der Waals surface area contributed by atoms with Crippen LogP contribution in [0.2, 0.25) is 0 Å². The number of hydrogen-bond acceptors (Lipinski definition) is 3. The first kappa shape index (κ1) is 14.9. The lowest BCUT2D eigenvalue weighted by atomic mass is 10.0. The number of rotatable bonds is 7. The summed E-state index contributed by atoms with van der Waals surface area (Å²) in [7, 11) is 1.58. The van der Waals surface area contributed by atoms with Gasteiger partial charge in [-0.3, -0.25) is 0 Å². The Hall–Kier alpha value is -1.20. The van der Waals surface area contributed by atoms with E-state index >= 15 is 0 Å². The molecule has 0 amide bonds. The lowest BCUT2D eigenvalue weighted by molar-refractivity contribution is 0.0152. The first-order valence-electron chi connectivity index (χ1n) is 5.80. The second-order valence-electron chi connectivity index (χ2n) is 4.11. The van der Waals surface area contributed by atoms with Crippen LogP contribution in [0.15, 0.2) is 18.2 Å². The van der Waals surface area contributed by atoms with E-state index in [1.54, 1.807) is 7.11 Å². The van der Waals surface area contributed by atoms with Crippen LogP contribution < -0.4 is 10.5 Å². The van der Waals surface area contributed by atoms with Crippen LogP contribution in [0.4, 0.5) is 8.78 Å². The monoisotopic (exact) mass is 259 g/mol. The second kappa shape index (κ2) is 7.28. The molecule has 0 aliphatic carbocycles. The quantitative estimate of drug-likeness (QED) is 0.766. The summed E-state index contributed by atoms with van der Waals surface area (Å²) in [5.41, 5.74) is 7.96. The molecule has 3 nitrogen and oxygen atoms in total. The number of methoxy groups -OCH3 is 1. The molecule has 0 aliphatic rings. The molecule has 0 fully saturated rings. The van der Waals surface area contributed by atoms with E-state index in [0.717, 1.165) is 11.1 Å². The van der Waals surface area contributed by atoms with Crippen molar-refractivity contribution < 1.29 is 18.3 Å². The van der Waals surface area contributed by atoms with Gasteiger partial charge in [0.25, 0.3) is 6.43 Å². The van der Waals surface area contributed by atoms with Gasteiger partial charge in [0.2, 0.25) is 0 Å². The predicted molar refractivity (Wildman–Crippen MR) is 66.1 cm³/mol. The Morgan fingerprint density at radius 1 is 1.33 bits per heavy atom. The molecule has 0 bridgehead atoms. The van der Waals surface area contributed by atoms with E-state index in [1.807, 2.05) is 25.1 Å². The average Bonchev–Trinajstić information content (AvgIpc) is 2.34. The van der Waals surface area contributed by atoms with E-state index in [-0.39, 0.29) is 12.6 Å². The minimum absolute atomic E-state index is 0.211. The minimum Gasteiger partial charge on any atom is -0.496 e. The molecule has 1 aromatic rings. The lowest BCUT2D eigenvalue weighted by Gasteiger charge is -2.16. The summed E-state index contributed by atoms with van der Waals surface area (Å²) in [6.07, 6.45) is -1.96. The van der Waals surface area contributed by atoms with Crippen LogP contribution in [0.3, 0.4) is 0 Å². The molecule has 1 rings (SSSR count). The third kappa shape index (κ3) is 4.58. The maximum Gasteiger partial charge on any atom is 0.261 e. The molecule has 2 N–H and O–H groups in total. The SMILES string of the molecule is COc1ccc(C)cc1C(N)CCOCC(F)F. The largest absolute Gasteiger partial charge is 0.496 e. The number of hydrogen-bond donors (Lipinski definition) is 1. The fourth-order valence-electron chi connectivity index (χ4n) is 1.68. The molecular weight excluding hydrogens is 240 g/mol. The van der Waals surface area contributed by atoms with Crippen molar-refractivity contribution in [3.05, 3.63) is 29.3 Å². The second-order valence-corrected chi connectivity index (χ2v) is 4.11. The molecule has 1 unspecified atom stereocenters. The summed E-state index contributed by atoms with van der Waals surface area (Å²) in [5, 5.41) is 0. The molecule has 0 saturated carbocycles. The van der Waals surface area contributed by atoms with Crippen LogP contribution in [-0.2, 0) is 4.74 Å². The first-order chi connectivity index (χ1) is 8.54. The molecule has 0 saturated heterocycles. The summed E-state index contributed by atoms with van der Waals surface area (Å²) in [4.78, 5) is 0. The zero-order valence-corrected chi connectivity index (χ0v) is 10.7. The van der Waals surface area contributed by atoms with Gasteiger partial charge >= 0.3 is 0 Å². The number of benzene rings is 1. The Kier molecular flexibility index (Phi) is 6.01. The van der Waals surface area contributed by atoms with Crippen molar-refractivity contribution in [1.29, 1.82) is 0 Å². The zero-order valence-electron chi connectivity index (χ0n) is 10.7. The number of ether oxygens (including phenoxy) is 2. The van der Waals surface area contributed by atoms with Crippen molar-refractivity contribution in [3.8, 4) is 5.75 Å². The van der Waals surface area contributed by atoms with E-state index in [2.05, 4.69) is 0 Å². The summed E-state index contributed by atoms with van der Waals surface area (Å²) in [5.74, 6) is 0.710. The Morgan fingerprint density at radius 2 is 2.06 bits per heavy atom. The van der Waals surface area contributed by atoms with Crippen LogP contribution in [0.25, 0.3) is 0 Å². The third-order valence-electron chi connectivity index (χ3n) is 2.60. The normalized spacial score (nSPS) is 12.8.